The molecule has 0 saturated heterocycles. The minimum absolute atomic E-state index is 0.0315. The van der Waals surface area contributed by atoms with E-state index < -0.39 is 0 Å². The SMILES string of the molecule is Cn1ccn2ncc(C(=O)NCCCn3ccccc3=O)c12. The van der Waals surface area contributed by atoms with Gasteiger partial charge in [-0.25, -0.2) is 4.52 Å². The van der Waals surface area contributed by atoms with E-state index in [0.29, 0.717) is 25.1 Å². The second-order valence-corrected chi connectivity index (χ2v) is 5.08. The standard InChI is InChI=1S/C15H17N5O2/c1-18-9-10-20-15(18)12(11-17-20)14(22)16-6-4-8-19-7-3-2-5-13(19)21/h2-3,5,7,9-11H,4,6,8H2,1H3,(H,16,22). The molecular formula is C15H17N5O2. The van der Waals surface area contributed by atoms with Crippen LogP contribution in [0, 0.1) is 0 Å². The van der Waals surface area contributed by atoms with Crippen LogP contribution in [0.25, 0.3) is 5.65 Å². The van der Waals surface area contributed by atoms with Crippen LogP contribution in [0.4, 0.5) is 0 Å². The lowest BCUT2D eigenvalue weighted by Crippen LogP contribution is -2.27. The molecule has 0 aliphatic rings. The van der Waals surface area contributed by atoms with Crippen molar-refractivity contribution in [1.82, 2.24) is 24.1 Å². The fourth-order valence-corrected chi connectivity index (χ4v) is 2.40. The highest BCUT2D eigenvalue weighted by Gasteiger charge is 2.14. The summed E-state index contributed by atoms with van der Waals surface area (Å²) in [6, 6.07) is 5.06. The van der Waals surface area contributed by atoms with Gasteiger partial charge in [0.15, 0.2) is 0 Å². The van der Waals surface area contributed by atoms with Crippen molar-refractivity contribution in [3.63, 3.8) is 0 Å². The Hall–Kier alpha value is -2.83. The van der Waals surface area contributed by atoms with Crippen molar-refractivity contribution < 1.29 is 4.79 Å². The molecule has 0 aromatic carbocycles. The molecule has 3 aromatic rings. The van der Waals surface area contributed by atoms with Gasteiger partial charge >= 0.3 is 0 Å². The molecule has 1 N–H and O–H groups in total. The second-order valence-electron chi connectivity index (χ2n) is 5.08. The number of carbonyl (C=O) groups is 1. The minimum atomic E-state index is -0.155. The number of imidazole rings is 1. The van der Waals surface area contributed by atoms with E-state index in [1.54, 1.807) is 33.7 Å². The molecule has 1 amide bonds. The molecule has 22 heavy (non-hydrogen) atoms. The molecule has 0 aliphatic heterocycles. The van der Waals surface area contributed by atoms with Crippen molar-refractivity contribution >= 4 is 11.6 Å². The third kappa shape index (κ3) is 2.65. The highest BCUT2D eigenvalue weighted by Crippen LogP contribution is 2.10. The van der Waals surface area contributed by atoms with Gasteiger partial charge in [-0.1, -0.05) is 6.07 Å². The first kappa shape index (κ1) is 14.1. The maximum atomic E-state index is 12.2. The molecule has 0 radical (unpaired) electrons. The minimum Gasteiger partial charge on any atom is -0.352 e. The third-order valence-electron chi connectivity index (χ3n) is 3.54. The van der Waals surface area contributed by atoms with Crippen LogP contribution < -0.4 is 10.9 Å². The summed E-state index contributed by atoms with van der Waals surface area (Å²) in [5.41, 5.74) is 1.28. The molecule has 0 fully saturated rings. The molecule has 0 saturated carbocycles. The summed E-state index contributed by atoms with van der Waals surface area (Å²) < 4.78 is 5.14. The van der Waals surface area contributed by atoms with Gasteiger partial charge in [0.25, 0.3) is 5.91 Å². The number of hydrogen-bond acceptors (Lipinski definition) is 3. The normalized spacial score (nSPS) is 11.0. The van der Waals surface area contributed by atoms with Gasteiger partial charge in [0.05, 0.1) is 6.20 Å². The lowest BCUT2D eigenvalue weighted by Gasteiger charge is -2.06. The summed E-state index contributed by atoms with van der Waals surface area (Å²) in [5, 5.41) is 7.00. The summed E-state index contributed by atoms with van der Waals surface area (Å²) in [4.78, 5) is 23.8. The van der Waals surface area contributed by atoms with E-state index in [4.69, 9.17) is 0 Å². The third-order valence-corrected chi connectivity index (χ3v) is 3.54. The van der Waals surface area contributed by atoms with Crippen LogP contribution in [-0.2, 0) is 13.6 Å². The van der Waals surface area contributed by atoms with Crippen molar-refractivity contribution in [3.8, 4) is 0 Å². The predicted octanol–water partition coefficient (Wildman–Crippen LogP) is 0.655. The Balaban J connectivity index is 1.58. The first-order chi connectivity index (χ1) is 10.7. The second kappa shape index (κ2) is 5.88. The van der Waals surface area contributed by atoms with E-state index in [1.165, 1.54) is 6.07 Å². The Labute approximate surface area is 126 Å². The largest absolute Gasteiger partial charge is 0.352 e. The van der Waals surface area contributed by atoms with Gasteiger partial charge < -0.3 is 14.5 Å². The van der Waals surface area contributed by atoms with Crippen molar-refractivity contribution in [2.24, 2.45) is 7.05 Å². The number of aromatic nitrogens is 4. The molecule has 0 aliphatic carbocycles. The molecular weight excluding hydrogens is 282 g/mol. The van der Waals surface area contributed by atoms with E-state index in [2.05, 4.69) is 10.4 Å². The number of fused-ring (bicyclic) bond motifs is 1. The lowest BCUT2D eigenvalue weighted by atomic mass is 10.3. The molecule has 0 spiro atoms. The fourth-order valence-electron chi connectivity index (χ4n) is 2.40. The summed E-state index contributed by atoms with van der Waals surface area (Å²) in [6.07, 6.45) is 7.64. The molecule has 3 aromatic heterocycles. The molecule has 0 unspecified atom stereocenters. The number of pyridine rings is 1. The van der Waals surface area contributed by atoms with Gasteiger partial charge in [0.2, 0.25) is 5.56 Å². The summed E-state index contributed by atoms with van der Waals surface area (Å²) in [7, 11) is 1.87. The quantitative estimate of drug-likeness (QED) is 0.703. The summed E-state index contributed by atoms with van der Waals surface area (Å²) in [5.74, 6) is -0.155. The number of nitrogens with zero attached hydrogens (tertiary/aromatic N) is 4. The predicted molar refractivity (Wildman–Crippen MR) is 81.8 cm³/mol. The first-order valence-electron chi connectivity index (χ1n) is 7.09. The van der Waals surface area contributed by atoms with Crippen LogP contribution in [0.5, 0.6) is 0 Å². The first-order valence-corrected chi connectivity index (χ1v) is 7.09. The molecule has 3 rings (SSSR count). The molecule has 7 nitrogen and oxygen atoms in total. The number of amides is 1. The highest BCUT2D eigenvalue weighted by atomic mass is 16.1. The highest BCUT2D eigenvalue weighted by molar-refractivity contribution is 5.99. The van der Waals surface area contributed by atoms with Crippen molar-refractivity contribution in [3.05, 3.63) is 58.9 Å². The number of nitrogens with one attached hydrogen (secondary N) is 1. The maximum absolute atomic E-state index is 12.2. The number of carbonyl (C=O) groups excluding carboxylic acids is 1. The smallest absolute Gasteiger partial charge is 0.256 e. The number of hydrogen-bond donors (Lipinski definition) is 1. The zero-order valence-corrected chi connectivity index (χ0v) is 12.3. The molecule has 3 heterocycles. The Morgan fingerprint density at radius 2 is 2.14 bits per heavy atom. The van der Waals surface area contributed by atoms with Crippen LogP contribution in [-0.4, -0.2) is 31.2 Å². The Morgan fingerprint density at radius 3 is 2.95 bits per heavy atom. The fraction of sp³-hybridized carbons (Fsp3) is 0.267. The molecule has 0 bridgehead atoms. The van der Waals surface area contributed by atoms with E-state index in [-0.39, 0.29) is 11.5 Å². The monoisotopic (exact) mass is 299 g/mol. The van der Waals surface area contributed by atoms with Gasteiger partial charge in [-0.15, -0.1) is 0 Å². The Bertz CT molecular complexity index is 858. The van der Waals surface area contributed by atoms with Crippen LogP contribution in [0.15, 0.2) is 47.8 Å². The van der Waals surface area contributed by atoms with Crippen LogP contribution in [0.3, 0.4) is 0 Å². The molecule has 114 valence electrons. The Morgan fingerprint density at radius 1 is 1.27 bits per heavy atom. The zero-order valence-electron chi connectivity index (χ0n) is 12.3. The van der Waals surface area contributed by atoms with Gasteiger partial charge in [0.1, 0.15) is 11.2 Å². The summed E-state index contributed by atoms with van der Waals surface area (Å²) in [6.45, 7) is 1.08. The van der Waals surface area contributed by atoms with Gasteiger partial charge in [-0.05, 0) is 12.5 Å². The zero-order chi connectivity index (χ0) is 15.5. The van der Waals surface area contributed by atoms with E-state index >= 15 is 0 Å². The number of rotatable bonds is 5. The lowest BCUT2D eigenvalue weighted by molar-refractivity contribution is 0.0954. The molecule has 7 heteroatoms. The van der Waals surface area contributed by atoms with Gasteiger partial charge in [-0.3, -0.25) is 9.59 Å². The average Bonchev–Trinajstić information content (AvgIpc) is 3.09. The van der Waals surface area contributed by atoms with Crippen molar-refractivity contribution in [2.75, 3.05) is 6.54 Å². The molecule has 0 atom stereocenters. The van der Waals surface area contributed by atoms with E-state index in [1.807, 2.05) is 23.9 Å². The van der Waals surface area contributed by atoms with Crippen molar-refractivity contribution in [2.45, 2.75) is 13.0 Å². The van der Waals surface area contributed by atoms with Gasteiger partial charge in [-0.2, -0.15) is 5.10 Å². The number of aryl methyl sites for hydroxylation is 2. The van der Waals surface area contributed by atoms with E-state index in [0.717, 1.165) is 5.65 Å². The topological polar surface area (TPSA) is 73.3 Å². The van der Waals surface area contributed by atoms with Gasteiger partial charge in [0, 0.05) is 44.8 Å². The maximum Gasteiger partial charge on any atom is 0.256 e. The van der Waals surface area contributed by atoms with E-state index in [9.17, 15) is 9.59 Å². The van der Waals surface area contributed by atoms with Crippen LogP contribution in [0.2, 0.25) is 0 Å². The summed E-state index contributed by atoms with van der Waals surface area (Å²) >= 11 is 0. The van der Waals surface area contributed by atoms with Crippen molar-refractivity contribution in [1.29, 1.82) is 0 Å². The van der Waals surface area contributed by atoms with Crippen LogP contribution >= 0.6 is 0 Å². The average molecular weight is 299 g/mol. The van der Waals surface area contributed by atoms with Crippen LogP contribution in [0.1, 0.15) is 16.8 Å². The Kier molecular flexibility index (Phi) is 3.78.